The average Bonchev–Trinajstić information content (AvgIpc) is 2.53. The first kappa shape index (κ1) is 24.0. The molecule has 0 amide bonds. The summed E-state index contributed by atoms with van der Waals surface area (Å²) in [6.45, 7) is 18.3. The van der Waals surface area contributed by atoms with Crippen molar-refractivity contribution in [3.05, 3.63) is 39.9 Å². The highest BCUT2D eigenvalue weighted by atomic mass is 31.2. The lowest BCUT2D eigenvalue weighted by Gasteiger charge is -2.45. The smallest absolute Gasteiger partial charge is 0.269 e. The number of hydrogen-bond donors (Lipinski definition) is 0. The van der Waals surface area contributed by atoms with Gasteiger partial charge in [0, 0.05) is 36.3 Å². The van der Waals surface area contributed by atoms with Crippen molar-refractivity contribution >= 4 is 14.1 Å². The maximum atomic E-state index is 10.8. The maximum absolute atomic E-state index is 10.8. The van der Waals surface area contributed by atoms with Crippen molar-refractivity contribution in [3.8, 4) is 0 Å². The van der Waals surface area contributed by atoms with Crippen LogP contribution in [0, 0.1) is 10.1 Å². The molecule has 0 N–H and O–H groups in total. The van der Waals surface area contributed by atoms with Crippen LogP contribution in [0.25, 0.3) is 0 Å². The molecule has 0 atom stereocenters. The van der Waals surface area contributed by atoms with Crippen LogP contribution < -0.4 is 0 Å². The van der Waals surface area contributed by atoms with Gasteiger partial charge in [-0.2, -0.15) is 0 Å². The van der Waals surface area contributed by atoms with Gasteiger partial charge < -0.3 is 4.52 Å². The first-order valence-electron chi connectivity index (χ1n) is 9.79. The van der Waals surface area contributed by atoms with Crippen molar-refractivity contribution in [2.24, 2.45) is 0 Å². The molecule has 0 saturated carbocycles. The molecule has 0 fully saturated rings. The topological polar surface area (TPSA) is 58.9 Å². The number of benzene rings is 1. The third-order valence-corrected chi connectivity index (χ3v) is 7.31. The van der Waals surface area contributed by atoms with Gasteiger partial charge in [-0.15, -0.1) is 0 Å². The van der Waals surface area contributed by atoms with Crippen LogP contribution in [-0.4, -0.2) is 45.0 Å². The molecule has 1 aromatic carbocycles. The summed E-state index contributed by atoms with van der Waals surface area (Å²) in [7, 11) is -0.900. The van der Waals surface area contributed by atoms with Gasteiger partial charge in [-0.05, 0) is 67.4 Å². The van der Waals surface area contributed by atoms with E-state index in [1.165, 1.54) is 0 Å². The Morgan fingerprint density at radius 2 is 1.30 bits per heavy atom. The van der Waals surface area contributed by atoms with E-state index in [0.717, 1.165) is 12.0 Å². The molecule has 7 heteroatoms. The molecule has 0 saturated heterocycles. The molecule has 0 aromatic heterocycles. The van der Waals surface area contributed by atoms with E-state index in [1.807, 2.05) is 12.1 Å². The highest BCUT2D eigenvalue weighted by molar-refractivity contribution is 7.47. The lowest BCUT2D eigenvalue weighted by atomic mass is 10.1. The summed E-state index contributed by atoms with van der Waals surface area (Å²) in [5, 5.41) is 10.8. The Kier molecular flexibility index (Phi) is 9.82. The molecule has 0 bridgehead atoms. The van der Waals surface area contributed by atoms with Crippen LogP contribution in [0.4, 0.5) is 5.69 Å². The normalized spacial score (nSPS) is 12.6. The van der Waals surface area contributed by atoms with Crippen LogP contribution in [0.2, 0.25) is 0 Å². The zero-order chi connectivity index (χ0) is 20.7. The minimum Gasteiger partial charge on any atom is -0.331 e. The summed E-state index contributed by atoms with van der Waals surface area (Å²) in [5.74, 6) is 0. The SMILES string of the molecule is CC(C)N(C(C)C)P(OCCc1ccc([N+](=O)[O-])cc1)N(C(C)C)C(C)C. The van der Waals surface area contributed by atoms with E-state index in [4.69, 9.17) is 4.52 Å². The van der Waals surface area contributed by atoms with E-state index < -0.39 is 8.45 Å². The van der Waals surface area contributed by atoms with E-state index in [9.17, 15) is 10.1 Å². The second-order valence-electron chi connectivity index (χ2n) is 7.89. The molecule has 0 unspecified atom stereocenters. The predicted octanol–water partition coefficient (Wildman–Crippen LogP) is 5.62. The van der Waals surface area contributed by atoms with Gasteiger partial charge in [-0.1, -0.05) is 12.1 Å². The Morgan fingerprint density at radius 1 is 0.889 bits per heavy atom. The molecule has 27 heavy (non-hydrogen) atoms. The van der Waals surface area contributed by atoms with Crippen molar-refractivity contribution in [1.82, 2.24) is 9.34 Å². The molecule has 6 nitrogen and oxygen atoms in total. The van der Waals surface area contributed by atoms with E-state index >= 15 is 0 Å². The summed E-state index contributed by atoms with van der Waals surface area (Å²) in [6, 6.07) is 8.28. The molecule has 0 aliphatic rings. The minimum absolute atomic E-state index is 0.124. The lowest BCUT2D eigenvalue weighted by Crippen LogP contribution is -2.43. The molecule has 0 heterocycles. The van der Waals surface area contributed by atoms with Crippen LogP contribution >= 0.6 is 8.45 Å². The Bertz CT molecular complexity index is 540. The van der Waals surface area contributed by atoms with Gasteiger partial charge in [0.15, 0.2) is 8.45 Å². The number of rotatable bonds is 11. The van der Waals surface area contributed by atoms with Crippen molar-refractivity contribution in [3.63, 3.8) is 0 Å². The molecular formula is C20H36N3O3P. The van der Waals surface area contributed by atoms with Crippen molar-refractivity contribution in [2.75, 3.05) is 6.61 Å². The van der Waals surface area contributed by atoms with Crippen molar-refractivity contribution < 1.29 is 9.45 Å². The van der Waals surface area contributed by atoms with E-state index in [0.29, 0.717) is 30.8 Å². The summed E-state index contributed by atoms with van der Waals surface area (Å²) >= 11 is 0. The monoisotopic (exact) mass is 397 g/mol. The minimum atomic E-state index is -0.900. The number of non-ortho nitro benzene ring substituents is 1. The first-order chi connectivity index (χ1) is 12.6. The van der Waals surface area contributed by atoms with Gasteiger partial charge in [-0.3, -0.25) is 10.1 Å². The molecule has 0 spiro atoms. The number of hydrogen-bond acceptors (Lipinski definition) is 5. The second kappa shape index (κ2) is 11.1. The predicted molar refractivity (Wildman–Crippen MR) is 114 cm³/mol. The number of nitro groups is 1. The van der Waals surface area contributed by atoms with Gasteiger partial charge in [0.1, 0.15) is 0 Å². The van der Waals surface area contributed by atoms with Crippen LogP contribution in [0.15, 0.2) is 24.3 Å². The molecule has 0 radical (unpaired) electrons. The fraction of sp³-hybridized carbons (Fsp3) is 0.700. The van der Waals surface area contributed by atoms with Crippen LogP contribution in [0.3, 0.4) is 0 Å². The first-order valence-corrected chi connectivity index (χ1v) is 11.0. The van der Waals surface area contributed by atoms with Crippen LogP contribution in [-0.2, 0) is 10.9 Å². The zero-order valence-electron chi connectivity index (χ0n) is 18.0. The molecule has 154 valence electrons. The molecular weight excluding hydrogens is 361 g/mol. The Balaban J connectivity index is 2.91. The Labute approximate surface area is 166 Å². The molecule has 1 aromatic rings. The van der Waals surface area contributed by atoms with Gasteiger partial charge in [0.25, 0.3) is 5.69 Å². The standard InChI is InChI=1S/C20H36N3O3P/c1-15(2)21(16(3)4)27(22(17(5)6)18(7)8)26-14-13-19-9-11-20(12-10-19)23(24)25/h9-12,15-18H,13-14H2,1-8H3. The van der Waals surface area contributed by atoms with Crippen LogP contribution in [0.1, 0.15) is 61.0 Å². The Morgan fingerprint density at radius 3 is 1.63 bits per heavy atom. The van der Waals surface area contributed by atoms with Crippen molar-refractivity contribution in [2.45, 2.75) is 86.0 Å². The summed E-state index contributed by atoms with van der Waals surface area (Å²) < 4.78 is 11.4. The summed E-state index contributed by atoms with van der Waals surface area (Å²) in [5.41, 5.74) is 1.18. The fourth-order valence-electron chi connectivity index (χ4n) is 3.26. The third kappa shape index (κ3) is 7.11. The van der Waals surface area contributed by atoms with Gasteiger partial charge in [0.05, 0.1) is 11.5 Å². The third-order valence-electron chi connectivity index (χ3n) is 4.26. The second-order valence-corrected chi connectivity index (χ2v) is 9.58. The molecule has 0 aliphatic carbocycles. The Hall–Kier alpha value is -1.07. The fourth-order valence-corrected chi connectivity index (χ4v) is 5.61. The summed E-state index contributed by atoms with van der Waals surface area (Å²) in [4.78, 5) is 10.4. The number of nitro benzene ring substituents is 1. The van der Waals surface area contributed by atoms with Crippen molar-refractivity contribution in [1.29, 1.82) is 0 Å². The van der Waals surface area contributed by atoms with E-state index in [-0.39, 0.29) is 10.6 Å². The van der Waals surface area contributed by atoms with Gasteiger partial charge >= 0.3 is 0 Å². The van der Waals surface area contributed by atoms with Gasteiger partial charge in [-0.25, -0.2) is 9.34 Å². The van der Waals surface area contributed by atoms with Crippen LogP contribution in [0.5, 0.6) is 0 Å². The highest BCUT2D eigenvalue weighted by Gasteiger charge is 2.34. The largest absolute Gasteiger partial charge is 0.331 e. The average molecular weight is 398 g/mol. The molecule has 0 aliphatic heterocycles. The van der Waals surface area contributed by atoms with E-state index in [1.54, 1.807) is 12.1 Å². The summed E-state index contributed by atoms with van der Waals surface area (Å²) in [6.07, 6.45) is 0.741. The van der Waals surface area contributed by atoms with Gasteiger partial charge in [0.2, 0.25) is 0 Å². The number of nitrogens with zero attached hydrogens (tertiary/aromatic N) is 3. The highest BCUT2D eigenvalue weighted by Crippen LogP contribution is 2.50. The maximum Gasteiger partial charge on any atom is 0.269 e. The zero-order valence-corrected chi connectivity index (χ0v) is 18.9. The lowest BCUT2D eigenvalue weighted by molar-refractivity contribution is -0.384. The quantitative estimate of drug-likeness (QED) is 0.276. The van der Waals surface area contributed by atoms with E-state index in [2.05, 4.69) is 64.7 Å². The molecule has 1 rings (SSSR count).